The molecule has 1 fully saturated rings. The lowest BCUT2D eigenvalue weighted by Gasteiger charge is -2.36. The Balaban J connectivity index is 2.58. The van der Waals surface area contributed by atoms with Crippen LogP contribution in [0.25, 0.3) is 0 Å². The van der Waals surface area contributed by atoms with Gasteiger partial charge in [-0.25, -0.2) is 4.21 Å². The van der Waals surface area contributed by atoms with E-state index in [0.29, 0.717) is 11.8 Å². The molecule has 0 N–H and O–H groups in total. The van der Waals surface area contributed by atoms with Crippen LogP contribution >= 0.6 is 0 Å². The third-order valence-corrected chi connectivity index (χ3v) is 3.74. The Morgan fingerprint density at radius 1 is 1.36 bits per heavy atom. The Hall–Kier alpha value is 0.110. The first-order valence-corrected chi connectivity index (χ1v) is 6.99. The molecule has 0 aromatic carbocycles. The average Bonchev–Trinajstić information content (AvgIpc) is 2.01. The molecule has 0 aromatic heterocycles. The molecule has 0 bridgehead atoms. The lowest BCUT2D eigenvalue weighted by molar-refractivity contribution is 0.0573. The normalized spacial score (nSPS) is 35.9. The van der Waals surface area contributed by atoms with E-state index in [1.54, 1.807) is 6.26 Å². The summed E-state index contributed by atoms with van der Waals surface area (Å²) < 4.78 is 16.6. The second kappa shape index (κ2) is 5.26. The Morgan fingerprint density at radius 3 is 2.50 bits per heavy atom. The van der Waals surface area contributed by atoms with Crippen LogP contribution in [0.1, 0.15) is 40.0 Å². The highest BCUT2D eigenvalue weighted by Crippen LogP contribution is 2.35. The van der Waals surface area contributed by atoms with Gasteiger partial charge in [0, 0.05) is 6.26 Å². The van der Waals surface area contributed by atoms with E-state index in [0.717, 1.165) is 12.3 Å². The number of hydrogen-bond donors (Lipinski definition) is 0. The predicted octanol–water partition coefficient (Wildman–Crippen LogP) is 2.76. The molecule has 1 rings (SSSR count). The molecular formula is C11H22O2S. The second-order valence-corrected chi connectivity index (χ2v) is 5.86. The Kier molecular flexibility index (Phi) is 4.58. The zero-order valence-electron chi connectivity index (χ0n) is 9.66. The summed E-state index contributed by atoms with van der Waals surface area (Å²) in [5, 5.41) is 0. The maximum atomic E-state index is 11.1. The van der Waals surface area contributed by atoms with Crippen molar-refractivity contribution in [3.63, 3.8) is 0 Å². The Bertz CT molecular complexity index is 203. The van der Waals surface area contributed by atoms with E-state index >= 15 is 0 Å². The van der Waals surface area contributed by atoms with Crippen molar-refractivity contribution in [3.8, 4) is 0 Å². The van der Waals surface area contributed by atoms with Gasteiger partial charge in [-0.05, 0) is 30.6 Å². The molecule has 2 nitrogen and oxygen atoms in total. The van der Waals surface area contributed by atoms with Gasteiger partial charge in [-0.2, -0.15) is 0 Å². The van der Waals surface area contributed by atoms with E-state index in [1.807, 2.05) is 0 Å². The summed E-state index contributed by atoms with van der Waals surface area (Å²) in [6, 6.07) is 0. The smallest absolute Gasteiger partial charge is 0.152 e. The lowest BCUT2D eigenvalue weighted by atomic mass is 9.75. The standard InChI is InChI=1S/C11H22O2S/c1-8(2)10-6-5-9(3)7-11(10)13-14(4)12/h8-11H,5-7H2,1-4H3. The second-order valence-electron chi connectivity index (χ2n) is 4.86. The zero-order valence-corrected chi connectivity index (χ0v) is 10.5. The van der Waals surface area contributed by atoms with Crippen LogP contribution in [0, 0.1) is 17.8 Å². The van der Waals surface area contributed by atoms with Crippen LogP contribution in [0.3, 0.4) is 0 Å². The predicted molar refractivity (Wildman–Crippen MR) is 60.3 cm³/mol. The van der Waals surface area contributed by atoms with Gasteiger partial charge in [-0.1, -0.05) is 27.2 Å². The Labute approximate surface area is 90.1 Å². The van der Waals surface area contributed by atoms with Crippen molar-refractivity contribution in [2.75, 3.05) is 6.26 Å². The van der Waals surface area contributed by atoms with Gasteiger partial charge in [0.05, 0.1) is 6.10 Å². The summed E-state index contributed by atoms with van der Waals surface area (Å²) in [6.07, 6.45) is 5.42. The minimum absolute atomic E-state index is 0.213. The Morgan fingerprint density at radius 2 is 2.00 bits per heavy atom. The van der Waals surface area contributed by atoms with Gasteiger partial charge in [-0.15, -0.1) is 0 Å². The van der Waals surface area contributed by atoms with Crippen molar-refractivity contribution in [1.29, 1.82) is 0 Å². The van der Waals surface area contributed by atoms with Gasteiger partial charge in [0.25, 0.3) is 0 Å². The SMILES string of the molecule is CC1CCC(C(C)C)C(OS(C)=O)C1. The van der Waals surface area contributed by atoms with Gasteiger partial charge in [-0.3, -0.25) is 4.18 Å². The van der Waals surface area contributed by atoms with E-state index in [4.69, 9.17) is 4.18 Å². The summed E-state index contributed by atoms with van der Waals surface area (Å²) in [5.41, 5.74) is 0. The molecule has 4 unspecified atom stereocenters. The third kappa shape index (κ3) is 3.35. The molecule has 4 atom stereocenters. The van der Waals surface area contributed by atoms with Crippen molar-refractivity contribution in [3.05, 3.63) is 0 Å². The van der Waals surface area contributed by atoms with Crippen LogP contribution in [0.15, 0.2) is 0 Å². The minimum atomic E-state index is -1.12. The molecule has 3 heteroatoms. The van der Waals surface area contributed by atoms with Crippen LogP contribution in [0.5, 0.6) is 0 Å². The molecule has 0 saturated heterocycles. The molecule has 84 valence electrons. The van der Waals surface area contributed by atoms with Crippen molar-refractivity contribution < 1.29 is 8.39 Å². The number of rotatable bonds is 3. The third-order valence-electron chi connectivity index (χ3n) is 3.22. The molecule has 1 saturated carbocycles. The molecular weight excluding hydrogens is 196 g/mol. The highest BCUT2D eigenvalue weighted by atomic mass is 32.2. The fraction of sp³-hybridized carbons (Fsp3) is 1.00. The summed E-state index contributed by atoms with van der Waals surface area (Å²) in [6.45, 7) is 6.72. The fourth-order valence-corrected chi connectivity index (χ4v) is 2.97. The summed E-state index contributed by atoms with van der Waals surface area (Å²) in [4.78, 5) is 0. The van der Waals surface area contributed by atoms with Gasteiger partial charge in [0.2, 0.25) is 0 Å². The largest absolute Gasteiger partial charge is 0.287 e. The molecule has 0 amide bonds. The summed E-state index contributed by atoms with van der Waals surface area (Å²) in [7, 11) is 0. The zero-order chi connectivity index (χ0) is 10.7. The van der Waals surface area contributed by atoms with Gasteiger partial charge < -0.3 is 0 Å². The topological polar surface area (TPSA) is 26.3 Å². The van der Waals surface area contributed by atoms with Crippen LogP contribution < -0.4 is 0 Å². The molecule has 1 aliphatic rings. The number of hydrogen-bond acceptors (Lipinski definition) is 2. The van der Waals surface area contributed by atoms with E-state index < -0.39 is 11.1 Å². The lowest BCUT2D eigenvalue weighted by Crippen LogP contribution is -2.34. The van der Waals surface area contributed by atoms with Crippen molar-refractivity contribution in [1.82, 2.24) is 0 Å². The van der Waals surface area contributed by atoms with Crippen molar-refractivity contribution >= 4 is 11.1 Å². The first-order valence-electron chi connectivity index (χ1n) is 5.51. The maximum Gasteiger partial charge on any atom is 0.152 e. The molecule has 0 spiro atoms. The van der Waals surface area contributed by atoms with Gasteiger partial charge in [0.1, 0.15) is 0 Å². The van der Waals surface area contributed by atoms with Gasteiger partial charge in [0.15, 0.2) is 11.1 Å². The average molecular weight is 218 g/mol. The monoisotopic (exact) mass is 218 g/mol. The van der Waals surface area contributed by atoms with E-state index in [9.17, 15) is 4.21 Å². The molecule has 1 aliphatic carbocycles. The van der Waals surface area contributed by atoms with Crippen LogP contribution in [-0.2, 0) is 15.3 Å². The van der Waals surface area contributed by atoms with Gasteiger partial charge >= 0.3 is 0 Å². The highest BCUT2D eigenvalue weighted by molar-refractivity contribution is 7.79. The summed E-state index contributed by atoms with van der Waals surface area (Å²) in [5.74, 6) is 1.95. The first kappa shape index (κ1) is 12.2. The molecule has 0 heterocycles. The van der Waals surface area contributed by atoms with E-state index in [1.165, 1.54) is 12.8 Å². The quantitative estimate of drug-likeness (QED) is 0.728. The fourth-order valence-electron chi connectivity index (χ4n) is 2.40. The molecule has 0 aromatic rings. The van der Waals surface area contributed by atoms with Crippen LogP contribution in [-0.4, -0.2) is 16.6 Å². The van der Waals surface area contributed by atoms with Crippen LogP contribution in [0.2, 0.25) is 0 Å². The molecule has 0 radical (unpaired) electrons. The highest BCUT2D eigenvalue weighted by Gasteiger charge is 2.32. The van der Waals surface area contributed by atoms with Crippen molar-refractivity contribution in [2.24, 2.45) is 17.8 Å². The van der Waals surface area contributed by atoms with E-state index in [-0.39, 0.29) is 6.10 Å². The minimum Gasteiger partial charge on any atom is -0.287 e. The molecule has 14 heavy (non-hydrogen) atoms. The molecule has 0 aliphatic heterocycles. The van der Waals surface area contributed by atoms with Crippen LogP contribution in [0.4, 0.5) is 0 Å². The van der Waals surface area contributed by atoms with Crippen molar-refractivity contribution in [2.45, 2.75) is 46.1 Å². The maximum absolute atomic E-state index is 11.1. The van der Waals surface area contributed by atoms with E-state index in [2.05, 4.69) is 20.8 Å². The first-order chi connectivity index (χ1) is 6.50. The summed E-state index contributed by atoms with van der Waals surface area (Å²) >= 11 is -1.12.